The third kappa shape index (κ3) is 4.58. The van der Waals surface area contributed by atoms with Crippen LogP contribution in [-0.2, 0) is 6.54 Å². The maximum absolute atomic E-state index is 12.8. The molecular weight excluding hydrogens is 384 g/mol. The van der Waals surface area contributed by atoms with Gasteiger partial charge in [0.05, 0.1) is 16.8 Å². The molecule has 0 amide bonds. The number of carbonyl (C=O) groups excluding carboxylic acids is 1. The number of fused-ring (bicyclic) bond motifs is 2. The van der Waals surface area contributed by atoms with Crippen molar-refractivity contribution in [3.05, 3.63) is 48.0 Å². The summed E-state index contributed by atoms with van der Waals surface area (Å²) in [5.74, 6) is 1.76. The number of hydrogen-bond donors (Lipinski definition) is 0. The second kappa shape index (κ2) is 9.35. The van der Waals surface area contributed by atoms with Gasteiger partial charge < -0.3 is 14.0 Å². The molecule has 29 heavy (non-hydrogen) atoms. The number of Topliss-reactive ketones (excluding diaryl/α,β-unsaturated/α-hetero) is 1. The number of aromatic nitrogens is 2. The van der Waals surface area contributed by atoms with Crippen molar-refractivity contribution in [1.29, 1.82) is 0 Å². The summed E-state index contributed by atoms with van der Waals surface area (Å²) < 4.78 is 13.4. The predicted octanol–water partition coefficient (Wildman–Crippen LogP) is 5.36. The Kier molecular flexibility index (Phi) is 6.39. The zero-order valence-electron chi connectivity index (χ0n) is 16.7. The van der Waals surface area contributed by atoms with Gasteiger partial charge in [0.1, 0.15) is 13.2 Å². The standard InChI is InChI=1S/C23H26N2O3S/c1-2-3-4-7-12-25-19-9-6-5-8-18(19)24-23(25)29-16-20(26)17-10-11-21-22(15-17)28-14-13-27-21/h5-6,8-11,15H,2-4,7,12-14,16H2,1H3. The molecule has 1 aromatic heterocycles. The Morgan fingerprint density at radius 3 is 2.76 bits per heavy atom. The lowest BCUT2D eigenvalue weighted by Gasteiger charge is -2.18. The molecule has 2 heterocycles. The molecule has 6 heteroatoms. The van der Waals surface area contributed by atoms with Gasteiger partial charge in [-0.1, -0.05) is 50.1 Å². The normalized spacial score (nSPS) is 13.0. The van der Waals surface area contributed by atoms with E-state index in [0.717, 1.165) is 29.2 Å². The number of nitrogens with zero attached hydrogens (tertiary/aromatic N) is 2. The number of aryl methyl sites for hydroxylation is 1. The van der Waals surface area contributed by atoms with Gasteiger partial charge in [-0.15, -0.1) is 0 Å². The third-order valence-corrected chi connectivity index (χ3v) is 6.03. The Balaban J connectivity index is 1.48. The van der Waals surface area contributed by atoms with Crippen LogP contribution in [0.3, 0.4) is 0 Å². The highest BCUT2D eigenvalue weighted by atomic mass is 32.2. The number of thioether (sulfide) groups is 1. The van der Waals surface area contributed by atoms with Crippen LogP contribution in [0.5, 0.6) is 11.5 Å². The van der Waals surface area contributed by atoms with Crippen LogP contribution < -0.4 is 9.47 Å². The zero-order valence-corrected chi connectivity index (χ0v) is 17.5. The Labute approximate surface area is 175 Å². The molecule has 152 valence electrons. The van der Waals surface area contributed by atoms with Crippen molar-refractivity contribution in [2.24, 2.45) is 0 Å². The quantitative estimate of drug-likeness (QED) is 0.270. The summed E-state index contributed by atoms with van der Waals surface area (Å²) in [6.45, 7) is 4.21. The lowest BCUT2D eigenvalue weighted by atomic mass is 10.1. The van der Waals surface area contributed by atoms with Crippen LogP contribution in [0.25, 0.3) is 11.0 Å². The van der Waals surface area contributed by atoms with Gasteiger partial charge in [-0.3, -0.25) is 4.79 Å². The fraction of sp³-hybridized carbons (Fsp3) is 0.391. The summed E-state index contributed by atoms with van der Waals surface area (Å²) in [5.41, 5.74) is 2.77. The highest BCUT2D eigenvalue weighted by molar-refractivity contribution is 7.99. The SMILES string of the molecule is CCCCCCn1c(SCC(=O)c2ccc3c(c2)OCCO3)nc2ccccc21. The molecule has 0 fully saturated rings. The maximum Gasteiger partial charge on any atom is 0.173 e. The number of ether oxygens (including phenoxy) is 2. The highest BCUT2D eigenvalue weighted by Gasteiger charge is 2.17. The number of ketones is 1. The number of hydrogen-bond acceptors (Lipinski definition) is 5. The molecule has 0 saturated carbocycles. The van der Waals surface area contributed by atoms with E-state index in [9.17, 15) is 4.79 Å². The molecule has 1 aliphatic heterocycles. The Hall–Kier alpha value is -2.47. The summed E-state index contributed by atoms with van der Waals surface area (Å²) in [5, 5.41) is 0.911. The van der Waals surface area contributed by atoms with Gasteiger partial charge in [-0.25, -0.2) is 4.98 Å². The molecule has 0 radical (unpaired) electrons. The van der Waals surface area contributed by atoms with Crippen molar-refractivity contribution in [2.75, 3.05) is 19.0 Å². The van der Waals surface area contributed by atoms with E-state index < -0.39 is 0 Å². The largest absolute Gasteiger partial charge is 0.486 e. The summed E-state index contributed by atoms with van der Waals surface area (Å²) in [6.07, 6.45) is 4.80. The van der Waals surface area contributed by atoms with Crippen molar-refractivity contribution in [3.63, 3.8) is 0 Å². The minimum absolute atomic E-state index is 0.0663. The van der Waals surface area contributed by atoms with Gasteiger partial charge in [-0.2, -0.15) is 0 Å². The second-order valence-corrected chi connectivity index (χ2v) is 8.11. The number of unbranched alkanes of at least 4 members (excludes halogenated alkanes) is 3. The average molecular weight is 411 g/mol. The second-order valence-electron chi connectivity index (χ2n) is 7.17. The average Bonchev–Trinajstić information content (AvgIpc) is 3.12. The summed E-state index contributed by atoms with van der Waals surface area (Å²) in [6, 6.07) is 13.6. The smallest absolute Gasteiger partial charge is 0.173 e. The van der Waals surface area contributed by atoms with E-state index in [1.807, 2.05) is 30.3 Å². The Morgan fingerprint density at radius 1 is 1.07 bits per heavy atom. The highest BCUT2D eigenvalue weighted by Crippen LogP contribution is 2.32. The van der Waals surface area contributed by atoms with E-state index in [-0.39, 0.29) is 5.78 Å². The van der Waals surface area contributed by atoms with E-state index in [4.69, 9.17) is 14.5 Å². The van der Waals surface area contributed by atoms with Gasteiger partial charge >= 0.3 is 0 Å². The van der Waals surface area contributed by atoms with E-state index in [1.165, 1.54) is 31.0 Å². The first kappa shape index (κ1) is 19.8. The number of benzene rings is 2. The lowest BCUT2D eigenvalue weighted by Crippen LogP contribution is -2.16. The molecular formula is C23H26N2O3S. The monoisotopic (exact) mass is 410 g/mol. The molecule has 0 aliphatic carbocycles. The van der Waals surface area contributed by atoms with E-state index in [0.29, 0.717) is 36.0 Å². The van der Waals surface area contributed by atoms with Crippen LogP contribution >= 0.6 is 11.8 Å². The molecule has 0 unspecified atom stereocenters. The van der Waals surface area contributed by atoms with Gasteiger partial charge in [0.15, 0.2) is 22.4 Å². The molecule has 0 saturated heterocycles. The van der Waals surface area contributed by atoms with Crippen molar-refractivity contribution in [2.45, 2.75) is 44.3 Å². The van der Waals surface area contributed by atoms with Crippen LogP contribution in [0.4, 0.5) is 0 Å². The molecule has 2 aromatic carbocycles. The molecule has 0 atom stereocenters. The van der Waals surface area contributed by atoms with Crippen molar-refractivity contribution in [3.8, 4) is 11.5 Å². The van der Waals surface area contributed by atoms with Gasteiger partial charge in [0, 0.05) is 12.1 Å². The number of imidazole rings is 1. The van der Waals surface area contributed by atoms with Crippen LogP contribution in [-0.4, -0.2) is 34.3 Å². The Bertz CT molecular complexity index is 999. The van der Waals surface area contributed by atoms with Crippen molar-refractivity contribution in [1.82, 2.24) is 9.55 Å². The summed E-state index contributed by atoms with van der Waals surface area (Å²) in [7, 11) is 0. The molecule has 4 rings (SSSR count). The first-order chi connectivity index (χ1) is 14.3. The van der Waals surface area contributed by atoms with E-state index in [1.54, 1.807) is 6.07 Å². The molecule has 3 aromatic rings. The number of para-hydroxylation sites is 2. The summed E-state index contributed by atoms with van der Waals surface area (Å²) in [4.78, 5) is 17.6. The topological polar surface area (TPSA) is 53.4 Å². The molecule has 0 N–H and O–H groups in total. The van der Waals surface area contributed by atoms with Crippen LogP contribution in [0.1, 0.15) is 43.0 Å². The third-order valence-electron chi connectivity index (χ3n) is 5.05. The fourth-order valence-corrected chi connectivity index (χ4v) is 4.44. The van der Waals surface area contributed by atoms with Crippen molar-refractivity contribution >= 4 is 28.6 Å². The van der Waals surface area contributed by atoms with Crippen LogP contribution in [0, 0.1) is 0 Å². The molecule has 0 bridgehead atoms. The number of carbonyl (C=O) groups is 1. The Morgan fingerprint density at radius 2 is 1.90 bits per heavy atom. The van der Waals surface area contributed by atoms with Gasteiger partial charge in [-0.05, 0) is 36.8 Å². The molecule has 5 nitrogen and oxygen atoms in total. The van der Waals surface area contributed by atoms with Crippen LogP contribution in [0.15, 0.2) is 47.6 Å². The first-order valence-corrected chi connectivity index (χ1v) is 11.3. The van der Waals surface area contributed by atoms with Gasteiger partial charge in [0.2, 0.25) is 0 Å². The fourth-order valence-electron chi connectivity index (χ4n) is 3.51. The lowest BCUT2D eigenvalue weighted by molar-refractivity contribution is 0.102. The van der Waals surface area contributed by atoms with Gasteiger partial charge in [0.25, 0.3) is 0 Å². The van der Waals surface area contributed by atoms with Crippen LogP contribution in [0.2, 0.25) is 0 Å². The number of rotatable bonds is 9. The predicted molar refractivity (Wildman–Crippen MR) is 116 cm³/mol. The first-order valence-electron chi connectivity index (χ1n) is 10.3. The zero-order chi connectivity index (χ0) is 20.1. The minimum atomic E-state index is 0.0663. The van der Waals surface area contributed by atoms with E-state index >= 15 is 0 Å². The maximum atomic E-state index is 12.8. The minimum Gasteiger partial charge on any atom is -0.486 e. The summed E-state index contributed by atoms with van der Waals surface area (Å²) >= 11 is 1.51. The van der Waals surface area contributed by atoms with Crippen molar-refractivity contribution < 1.29 is 14.3 Å². The van der Waals surface area contributed by atoms with E-state index in [2.05, 4.69) is 17.6 Å². The molecule has 0 spiro atoms. The molecule has 1 aliphatic rings.